The van der Waals surface area contributed by atoms with Crippen molar-refractivity contribution < 1.29 is 0 Å². The van der Waals surface area contributed by atoms with Gasteiger partial charge in [0, 0.05) is 26.7 Å². The normalized spacial score (nSPS) is 20.0. The van der Waals surface area contributed by atoms with Crippen molar-refractivity contribution in [3.63, 3.8) is 0 Å². The highest BCUT2D eigenvalue weighted by molar-refractivity contribution is 14.0. The van der Waals surface area contributed by atoms with Crippen molar-refractivity contribution in [3.8, 4) is 0 Å². The van der Waals surface area contributed by atoms with Crippen molar-refractivity contribution in [3.05, 3.63) is 0 Å². The molecule has 2 fully saturated rings. The van der Waals surface area contributed by atoms with E-state index in [1.165, 1.54) is 83.8 Å². The molecule has 5 heteroatoms. The lowest BCUT2D eigenvalue weighted by molar-refractivity contribution is 0.309. The van der Waals surface area contributed by atoms with Gasteiger partial charge in [0.15, 0.2) is 5.96 Å². The van der Waals surface area contributed by atoms with E-state index in [0.29, 0.717) is 5.41 Å². The molecule has 1 aliphatic heterocycles. The minimum absolute atomic E-state index is 0. The molecule has 1 heterocycles. The van der Waals surface area contributed by atoms with Crippen molar-refractivity contribution in [1.82, 2.24) is 15.1 Å². The van der Waals surface area contributed by atoms with E-state index in [4.69, 9.17) is 0 Å². The fourth-order valence-corrected chi connectivity index (χ4v) is 4.26. The first-order chi connectivity index (χ1) is 11.2. The van der Waals surface area contributed by atoms with Gasteiger partial charge in [0.2, 0.25) is 0 Å². The van der Waals surface area contributed by atoms with Gasteiger partial charge in [-0.25, -0.2) is 0 Å². The Morgan fingerprint density at radius 1 is 1.04 bits per heavy atom. The minimum Gasteiger partial charge on any atom is -0.356 e. The number of aliphatic imine (C=N–C) groups is 1. The van der Waals surface area contributed by atoms with Gasteiger partial charge in [-0.2, -0.15) is 0 Å². The first-order valence-electron chi connectivity index (χ1n) is 9.76. The maximum Gasteiger partial charge on any atom is 0.193 e. The second kappa shape index (κ2) is 11.6. The predicted octanol–water partition coefficient (Wildman–Crippen LogP) is 3.96. The molecule has 1 saturated heterocycles. The lowest BCUT2D eigenvalue weighted by Crippen LogP contribution is -2.41. The molecule has 0 amide bonds. The number of halogens is 1. The highest BCUT2D eigenvalue weighted by Crippen LogP contribution is 2.45. The molecular weight excluding hydrogens is 411 g/mol. The molecule has 2 aliphatic rings. The standard InChI is InChI=1S/C19H38N4.HI/c1-20-18(21-14-9-5-4-6-10-15-22(2)3)23-16-13-19(17-23)11-7-8-12-19;/h4-17H2,1-3H3,(H,20,21);1H. The summed E-state index contributed by atoms with van der Waals surface area (Å²) in [5, 5.41) is 3.59. The zero-order chi connectivity index (χ0) is 16.5. The van der Waals surface area contributed by atoms with Crippen LogP contribution in [0.2, 0.25) is 0 Å². The van der Waals surface area contributed by atoms with E-state index in [1.54, 1.807) is 0 Å². The highest BCUT2D eigenvalue weighted by Gasteiger charge is 2.40. The quantitative estimate of drug-likeness (QED) is 0.263. The van der Waals surface area contributed by atoms with Crippen LogP contribution >= 0.6 is 24.0 Å². The summed E-state index contributed by atoms with van der Waals surface area (Å²) < 4.78 is 0. The topological polar surface area (TPSA) is 30.9 Å². The first-order valence-corrected chi connectivity index (χ1v) is 9.76. The molecular formula is C19H39IN4. The summed E-state index contributed by atoms with van der Waals surface area (Å²) in [5.41, 5.74) is 0.629. The monoisotopic (exact) mass is 450 g/mol. The third-order valence-electron chi connectivity index (χ3n) is 5.68. The number of nitrogens with one attached hydrogen (secondary N) is 1. The Morgan fingerprint density at radius 2 is 1.71 bits per heavy atom. The number of likely N-dealkylation sites (tertiary alicyclic amines) is 1. The van der Waals surface area contributed by atoms with Gasteiger partial charge in [0.05, 0.1) is 0 Å². The summed E-state index contributed by atoms with van der Waals surface area (Å²) in [5.74, 6) is 1.14. The zero-order valence-corrected chi connectivity index (χ0v) is 18.5. The summed E-state index contributed by atoms with van der Waals surface area (Å²) in [7, 11) is 6.25. The molecule has 1 N–H and O–H groups in total. The average molecular weight is 450 g/mol. The number of guanidine groups is 1. The van der Waals surface area contributed by atoms with Crippen LogP contribution in [0.15, 0.2) is 4.99 Å². The summed E-state index contributed by atoms with van der Waals surface area (Å²) in [6, 6.07) is 0. The van der Waals surface area contributed by atoms with E-state index in [0.717, 1.165) is 12.5 Å². The van der Waals surface area contributed by atoms with Gasteiger partial charge in [-0.1, -0.05) is 32.1 Å². The molecule has 4 nitrogen and oxygen atoms in total. The Morgan fingerprint density at radius 3 is 2.38 bits per heavy atom. The van der Waals surface area contributed by atoms with Crippen LogP contribution in [0.25, 0.3) is 0 Å². The van der Waals surface area contributed by atoms with Crippen LogP contribution in [0.3, 0.4) is 0 Å². The Balaban J connectivity index is 0.00000288. The number of rotatable bonds is 8. The summed E-state index contributed by atoms with van der Waals surface area (Å²) in [6.07, 6.45) is 13.8. The number of hydrogen-bond acceptors (Lipinski definition) is 2. The zero-order valence-electron chi connectivity index (χ0n) is 16.1. The molecule has 0 radical (unpaired) electrons. The summed E-state index contributed by atoms with van der Waals surface area (Å²) >= 11 is 0. The Labute approximate surface area is 166 Å². The molecule has 142 valence electrons. The van der Waals surface area contributed by atoms with Crippen molar-refractivity contribution in [2.75, 3.05) is 47.3 Å². The van der Waals surface area contributed by atoms with Gasteiger partial charge in [0.1, 0.15) is 0 Å². The van der Waals surface area contributed by atoms with Gasteiger partial charge in [0.25, 0.3) is 0 Å². The van der Waals surface area contributed by atoms with E-state index < -0.39 is 0 Å². The molecule has 2 rings (SSSR count). The lowest BCUT2D eigenvalue weighted by Gasteiger charge is -2.25. The number of unbranched alkanes of at least 4 members (excludes halogenated alkanes) is 4. The van der Waals surface area contributed by atoms with Crippen LogP contribution in [0.4, 0.5) is 0 Å². The van der Waals surface area contributed by atoms with E-state index in [1.807, 2.05) is 7.05 Å². The van der Waals surface area contributed by atoms with Crippen LogP contribution < -0.4 is 5.32 Å². The Bertz CT molecular complexity index is 364. The third-order valence-corrected chi connectivity index (χ3v) is 5.68. The molecule has 0 aromatic heterocycles. The number of nitrogens with zero attached hydrogens (tertiary/aromatic N) is 3. The molecule has 24 heavy (non-hydrogen) atoms. The largest absolute Gasteiger partial charge is 0.356 e. The predicted molar refractivity (Wildman–Crippen MR) is 116 cm³/mol. The van der Waals surface area contributed by atoms with Gasteiger partial charge in [-0.3, -0.25) is 4.99 Å². The van der Waals surface area contributed by atoms with Crippen molar-refractivity contribution in [2.45, 2.75) is 64.2 Å². The molecule has 0 aromatic rings. The first kappa shape index (κ1) is 22.0. The SMILES string of the molecule is CN=C(NCCCCCCCN(C)C)N1CCC2(CCCC2)C1.I. The molecule has 0 bridgehead atoms. The van der Waals surface area contributed by atoms with Gasteiger partial charge >= 0.3 is 0 Å². The van der Waals surface area contributed by atoms with Gasteiger partial charge < -0.3 is 15.1 Å². The molecule has 1 aliphatic carbocycles. The van der Waals surface area contributed by atoms with E-state index in [9.17, 15) is 0 Å². The molecule has 0 unspecified atom stereocenters. The fourth-order valence-electron chi connectivity index (χ4n) is 4.26. The van der Waals surface area contributed by atoms with Gasteiger partial charge in [-0.15, -0.1) is 24.0 Å². The maximum atomic E-state index is 4.52. The van der Waals surface area contributed by atoms with Crippen LogP contribution in [0, 0.1) is 5.41 Å². The van der Waals surface area contributed by atoms with Crippen molar-refractivity contribution in [1.29, 1.82) is 0 Å². The van der Waals surface area contributed by atoms with E-state index in [2.05, 4.69) is 34.2 Å². The fraction of sp³-hybridized carbons (Fsp3) is 0.947. The average Bonchev–Trinajstić information content (AvgIpc) is 3.16. The minimum atomic E-state index is 0. The molecule has 0 aromatic carbocycles. The lowest BCUT2D eigenvalue weighted by atomic mass is 9.86. The van der Waals surface area contributed by atoms with Crippen LogP contribution in [-0.2, 0) is 0 Å². The smallest absolute Gasteiger partial charge is 0.193 e. The van der Waals surface area contributed by atoms with E-state index >= 15 is 0 Å². The number of hydrogen-bond donors (Lipinski definition) is 1. The second-order valence-corrected chi connectivity index (χ2v) is 7.92. The molecule has 1 spiro atoms. The maximum absolute atomic E-state index is 4.52. The van der Waals surface area contributed by atoms with Crippen LogP contribution in [0.5, 0.6) is 0 Å². The summed E-state index contributed by atoms with van der Waals surface area (Å²) in [4.78, 5) is 9.30. The van der Waals surface area contributed by atoms with Gasteiger partial charge in [-0.05, 0) is 58.2 Å². The Hall–Kier alpha value is -0.0400. The third kappa shape index (κ3) is 7.06. The second-order valence-electron chi connectivity index (χ2n) is 7.92. The van der Waals surface area contributed by atoms with Crippen LogP contribution in [0.1, 0.15) is 64.2 Å². The van der Waals surface area contributed by atoms with Crippen molar-refractivity contribution >= 4 is 29.9 Å². The van der Waals surface area contributed by atoms with Crippen molar-refractivity contribution in [2.24, 2.45) is 10.4 Å². The molecule has 0 atom stereocenters. The summed E-state index contributed by atoms with van der Waals surface area (Å²) in [6.45, 7) is 4.73. The molecule has 1 saturated carbocycles. The van der Waals surface area contributed by atoms with E-state index in [-0.39, 0.29) is 24.0 Å². The highest BCUT2D eigenvalue weighted by atomic mass is 127. The van der Waals surface area contributed by atoms with Crippen LogP contribution in [-0.4, -0.2) is 63.1 Å². The Kier molecular flexibility index (Phi) is 10.6.